The van der Waals surface area contributed by atoms with Crippen LogP contribution in [-0.4, -0.2) is 33.8 Å². The van der Waals surface area contributed by atoms with E-state index in [0.29, 0.717) is 29.7 Å². The number of hydrogen-bond donors (Lipinski definition) is 0. The Morgan fingerprint density at radius 1 is 1.19 bits per heavy atom. The molecule has 0 amide bonds. The number of rotatable bonds is 6. The summed E-state index contributed by atoms with van der Waals surface area (Å²) in [7, 11) is 3.63. The summed E-state index contributed by atoms with van der Waals surface area (Å²) in [4.78, 5) is 7.10. The van der Waals surface area contributed by atoms with Gasteiger partial charge in [-0.3, -0.25) is 4.90 Å². The van der Waals surface area contributed by atoms with Crippen molar-refractivity contribution in [2.75, 3.05) is 14.2 Å². The molecule has 27 heavy (non-hydrogen) atoms. The molecule has 138 valence electrons. The summed E-state index contributed by atoms with van der Waals surface area (Å²) in [5.41, 5.74) is 1.81. The van der Waals surface area contributed by atoms with Crippen LogP contribution in [0.5, 0.6) is 5.75 Å². The van der Waals surface area contributed by atoms with Crippen LogP contribution in [0.25, 0.3) is 21.7 Å². The van der Waals surface area contributed by atoms with E-state index in [9.17, 15) is 0 Å². The molecule has 0 aliphatic heterocycles. The van der Waals surface area contributed by atoms with Gasteiger partial charge in [0.15, 0.2) is 0 Å². The van der Waals surface area contributed by atoms with Gasteiger partial charge in [-0.05, 0) is 43.5 Å². The van der Waals surface area contributed by atoms with E-state index in [4.69, 9.17) is 21.4 Å². The maximum atomic E-state index is 5.69. The topological polar surface area (TPSA) is 56.3 Å². The molecule has 2 heterocycles. The van der Waals surface area contributed by atoms with Crippen LogP contribution in [0.1, 0.15) is 5.01 Å². The summed E-state index contributed by atoms with van der Waals surface area (Å²) in [6.07, 6.45) is 0. The molecule has 6 nitrogen and oxygen atoms in total. The second-order valence-corrected chi connectivity index (χ2v) is 7.57. The SMILES string of the molecule is COc1ccccc1-c1nn(CN(C)Cc2nc3ccccc3s2)c(=S)o1. The van der Waals surface area contributed by atoms with E-state index in [-0.39, 0.29) is 0 Å². The minimum absolute atomic E-state index is 0.326. The summed E-state index contributed by atoms with van der Waals surface area (Å²) in [6, 6.07) is 15.7. The van der Waals surface area contributed by atoms with Gasteiger partial charge in [0.05, 0.1) is 36.1 Å². The van der Waals surface area contributed by atoms with Crippen molar-refractivity contribution in [2.45, 2.75) is 13.2 Å². The van der Waals surface area contributed by atoms with Crippen molar-refractivity contribution < 1.29 is 9.15 Å². The van der Waals surface area contributed by atoms with Crippen LogP contribution < -0.4 is 4.74 Å². The molecule has 8 heteroatoms. The fourth-order valence-corrected chi connectivity index (χ4v) is 4.05. The maximum absolute atomic E-state index is 5.69. The van der Waals surface area contributed by atoms with Crippen LogP contribution in [0.15, 0.2) is 52.9 Å². The summed E-state index contributed by atoms with van der Waals surface area (Å²) >= 11 is 7.04. The number of ether oxygens (including phenoxy) is 1. The quantitative estimate of drug-likeness (QED) is 0.443. The minimum Gasteiger partial charge on any atom is -0.496 e. The first-order chi connectivity index (χ1) is 13.1. The van der Waals surface area contributed by atoms with Crippen LogP contribution >= 0.6 is 23.6 Å². The molecule has 0 saturated heterocycles. The highest BCUT2D eigenvalue weighted by molar-refractivity contribution is 7.71. The Morgan fingerprint density at radius 3 is 2.78 bits per heavy atom. The van der Waals surface area contributed by atoms with Gasteiger partial charge in [-0.1, -0.05) is 24.3 Å². The smallest absolute Gasteiger partial charge is 0.288 e. The predicted molar refractivity (Wildman–Crippen MR) is 108 cm³/mol. The Balaban J connectivity index is 1.52. The normalized spacial score (nSPS) is 11.4. The van der Waals surface area contributed by atoms with Crippen LogP contribution in [0.4, 0.5) is 0 Å². The van der Waals surface area contributed by atoms with Crippen LogP contribution in [0.3, 0.4) is 0 Å². The average Bonchev–Trinajstić information content (AvgIpc) is 3.24. The highest BCUT2D eigenvalue weighted by atomic mass is 32.1. The zero-order chi connectivity index (χ0) is 18.8. The Hall–Kier alpha value is -2.55. The van der Waals surface area contributed by atoms with Gasteiger partial charge in [0.1, 0.15) is 10.8 Å². The molecule has 2 aromatic carbocycles. The molecule has 0 aliphatic carbocycles. The van der Waals surface area contributed by atoms with Crippen molar-refractivity contribution in [3.63, 3.8) is 0 Å². The first-order valence-electron chi connectivity index (χ1n) is 8.38. The monoisotopic (exact) mass is 398 g/mol. The summed E-state index contributed by atoms with van der Waals surface area (Å²) < 4.78 is 13.9. The third kappa shape index (κ3) is 3.78. The average molecular weight is 399 g/mol. The molecule has 0 unspecified atom stereocenters. The second-order valence-electron chi connectivity index (χ2n) is 6.10. The maximum Gasteiger partial charge on any atom is 0.288 e. The minimum atomic E-state index is 0.326. The van der Waals surface area contributed by atoms with E-state index in [1.165, 1.54) is 4.70 Å². The highest BCUT2D eigenvalue weighted by Gasteiger charge is 2.14. The van der Waals surface area contributed by atoms with Crippen molar-refractivity contribution in [3.8, 4) is 17.2 Å². The number of para-hydroxylation sites is 2. The molecule has 0 saturated carbocycles. The van der Waals surface area contributed by atoms with Gasteiger partial charge < -0.3 is 9.15 Å². The molecule has 0 N–H and O–H groups in total. The lowest BCUT2D eigenvalue weighted by atomic mass is 10.2. The number of benzene rings is 2. The third-order valence-electron chi connectivity index (χ3n) is 4.06. The van der Waals surface area contributed by atoms with E-state index in [0.717, 1.165) is 16.1 Å². The largest absolute Gasteiger partial charge is 0.496 e. The number of fused-ring (bicyclic) bond motifs is 1. The molecule has 0 fully saturated rings. The van der Waals surface area contributed by atoms with Crippen molar-refractivity contribution in [3.05, 3.63) is 58.4 Å². The van der Waals surface area contributed by atoms with Crippen molar-refractivity contribution in [2.24, 2.45) is 0 Å². The van der Waals surface area contributed by atoms with Gasteiger partial charge >= 0.3 is 0 Å². The van der Waals surface area contributed by atoms with Gasteiger partial charge in [-0.25, -0.2) is 9.67 Å². The molecule has 0 radical (unpaired) electrons. The molecular formula is C19H18N4O2S2. The standard InChI is InChI=1S/C19H18N4O2S2/c1-22(11-17-20-14-8-4-6-10-16(14)27-17)12-23-19(26)25-18(21-23)13-7-3-5-9-15(13)24-2/h3-10H,11-12H2,1-2H3. The molecule has 4 rings (SSSR count). The van der Waals surface area contributed by atoms with E-state index in [1.807, 2.05) is 49.5 Å². The third-order valence-corrected chi connectivity index (χ3v) is 5.38. The predicted octanol–water partition coefficient (Wildman–Crippen LogP) is 4.58. The van der Waals surface area contributed by atoms with Gasteiger partial charge in [-0.2, -0.15) is 0 Å². The molecule has 4 aromatic rings. The number of hydrogen-bond acceptors (Lipinski definition) is 7. The van der Waals surface area contributed by atoms with Crippen molar-refractivity contribution in [1.29, 1.82) is 0 Å². The fraction of sp³-hybridized carbons (Fsp3) is 0.211. The number of methoxy groups -OCH3 is 1. The van der Waals surface area contributed by atoms with Crippen molar-refractivity contribution in [1.82, 2.24) is 19.7 Å². The number of aromatic nitrogens is 3. The number of thiazole rings is 1. The first kappa shape index (κ1) is 17.8. The van der Waals surface area contributed by atoms with Crippen LogP contribution in [-0.2, 0) is 13.2 Å². The number of nitrogens with zero attached hydrogens (tertiary/aromatic N) is 4. The lowest BCUT2D eigenvalue weighted by Gasteiger charge is -2.13. The zero-order valence-electron chi connectivity index (χ0n) is 15.0. The Morgan fingerprint density at radius 2 is 1.96 bits per heavy atom. The Labute approximate surface area is 165 Å². The van der Waals surface area contributed by atoms with E-state index in [1.54, 1.807) is 23.1 Å². The molecular weight excluding hydrogens is 380 g/mol. The lowest BCUT2D eigenvalue weighted by Crippen LogP contribution is -2.22. The molecule has 2 aromatic heterocycles. The fourth-order valence-electron chi connectivity index (χ4n) is 2.82. The van der Waals surface area contributed by atoms with Gasteiger partial charge in [-0.15, -0.1) is 16.4 Å². The lowest BCUT2D eigenvalue weighted by molar-refractivity contribution is 0.240. The summed E-state index contributed by atoms with van der Waals surface area (Å²) in [5, 5.41) is 5.57. The van der Waals surface area contributed by atoms with Gasteiger partial charge in [0, 0.05) is 0 Å². The summed E-state index contributed by atoms with van der Waals surface area (Å²) in [5.74, 6) is 1.15. The zero-order valence-corrected chi connectivity index (χ0v) is 16.6. The Kier molecular flexibility index (Phi) is 5.02. The molecule has 0 aliphatic rings. The highest BCUT2D eigenvalue weighted by Crippen LogP contribution is 2.28. The van der Waals surface area contributed by atoms with Crippen LogP contribution in [0.2, 0.25) is 0 Å². The van der Waals surface area contributed by atoms with E-state index < -0.39 is 0 Å². The van der Waals surface area contributed by atoms with E-state index >= 15 is 0 Å². The summed E-state index contributed by atoms with van der Waals surface area (Å²) in [6.45, 7) is 1.21. The molecule has 0 atom stereocenters. The van der Waals surface area contributed by atoms with Crippen molar-refractivity contribution >= 4 is 33.8 Å². The molecule has 0 spiro atoms. The van der Waals surface area contributed by atoms with Gasteiger partial charge in [0.2, 0.25) is 0 Å². The molecule has 0 bridgehead atoms. The van der Waals surface area contributed by atoms with Crippen LogP contribution in [0, 0.1) is 4.84 Å². The second kappa shape index (κ2) is 7.59. The van der Waals surface area contributed by atoms with Gasteiger partial charge in [0.25, 0.3) is 10.7 Å². The first-order valence-corrected chi connectivity index (χ1v) is 9.61. The van der Waals surface area contributed by atoms with E-state index in [2.05, 4.69) is 21.0 Å². The Bertz CT molecular complexity index is 1100.